The number of halogens is 1. The summed E-state index contributed by atoms with van der Waals surface area (Å²) in [5.74, 6) is -1.15. The number of hydroxylamine groups is 2. The number of rotatable bonds is 8. The number of hydrogen-bond donors (Lipinski definition) is 2. The van der Waals surface area contributed by atoms with E-state index in [2.05, 4.69) is 5.32 Å². The number of hydrogen-bond acceptors (Lipinski definition) is 3. The standard InChI is InChI=1S/C17H25ClN2O3/c1-12(2)15(11-16(21)19-3)17(22)20(23)10-4-5-13-6-8-14(18)9-7-13/h6-9,12,15,23H,4-5,10-11H2,1-3H3,(H,19,21). The molecule has 0 heterocycles. The van der Waals surface area contributed by atoms with Crippen LogP contribution in [0.5, 0.6) is 0 Å². The molecule has 2 N–H and O–H groups in total. The van der Waals surface area contributed by atoms with Crippen molar-refractivity contribution in [2.45, 2.75) is 33.1 Å². The molecule has 1 aromatic carbocycles. The minimum absolute atomic E-state index is 0.0225. The van der Waals surface area contributed by atoms with Crippen LogP contribution in [0.15, 0.2) is 24.3 Å². The van der Waals surface area contributed by atoms with Gasteiger partial charge in [-0.3, -0.25) is 14.8 Å². The zero-order valence-corrected chi connectivity index (χ0v) is 14.6. The first-order chi connectivity index (χ1) is 10.8. The van der Waals surface area contributed by atoms with Crippen molar-refractivity contribution in [2.75, 3.05) is 13.6 Å². The summed E-state index contributed by atoms with van der Waals surface area (Å²) in [6.45, 7) is 3.97. The third-order valence-corrected chi connectivity index (χ3v) is 4.06. The highest BCUT2D eigenvalue weighted by Crippen LogP contribution is 2.18. The van der Waals surface area contributed by atoms with Gasteiger partial charge >= 0.3 is 0 Å². The topological polar surface area (TPSA) is 69.6 Å². The fourth-order valence-electron chi connectivity index (χ4n) is 2.30. The van der Waals surface area contributed by atoms with Gasteiger partial charge in [0.05, 0.1) is 5.92 Å². The largest absolute Gasteiger partial charge is 0.359 e. The second-order valence-electron chi connectivity index (χ2n) is 5.92. The summed E-state index contributed by atoms with van der Waals surface area (Å²) in [6, 6.07) is 7.48. The highest BCUT2D eigenvalue weighted by Gasteiger charge is 2.28. The Morgan fingerprint density at radius 2 is 1.87 bits per heavy atom. The minimum atomic E-state index is -0.518. The Hall–Kier alpha value is -1.59. The first-order valence-corrected chi connectivity index (χ1v) is 8.18. The smallest absolute Gasteiger partial charge is 0.249 e. The van der Waals surface area contributed by atoms with Crippen molar-refractivity contribution < 1.29 is 14.8 Å². The maximum Gasteiger partial charge on any atom is 0.249 e. The number of benzene rings is 1. The minimum Gasteiger partial charge on any atom is -0.359 e. The van der Waals surface area contributed by atoms with Gasteiger partial charge in [0.15, 0.2) is 0 Å². The van der Waals surface area contributed by atoms with Crippen LogP contribution in [-0.2, 0) is 16.0 Å². The zero-order chi connectivity index (χ0) is 17.4. The molecule has 0 aliphatic carbocycles. The molecule has 0 spiro atoms. The Kier molecular flexibility index (Phi) is 8.06. The number of nitrogens with one attached hydrogen (secondary N) is 1. The summed E-state index contributed by atoms with van der Waals surface area (Å²) >= 11 is 5.83. The molecule has 23 heavy (non-hydrogen) atoms. The van der Waals surface area contributed by atoms with Gasteiger partial charge in [0, 0.05) is 25.0 Å². The average molecular weight is 341 g/mol. The maximum absolute atomic E-state index is 12.3. The lowest BCUT2D eigenvalue weighted by Gasteiger charge is -2.24. The molecule has 0 bridgehead atoms. The predicted molar refractivity (Wildman–Crippen MR) is 90.3 cm³/mol. The Morgan fingerprint density at radius 3 is 2.39 bits per heavy atom. The molecule has 0 aliphatic heterocycles. The van der Waals surface area contributed by atoms with Crippen molar-refractivity contribution in [1.29, 1.82) is 0 Å². The monoisotopic (exact) mass is 340 g/mol. The van der Waals surface area contributed by atoms with E-state index in [0.29, 0.717) is 11.4 Å². The molecule has 0 radical (unpaired) electrons. The van der Waals surface area contributed by atoms with Crippen LogP contribution in [0.3, 0.4) is 0 Å². The molecule has 0 fully saturated rings. The van der Waals surface area contributed by atoms with Gasteiger partial charge in [-0.2, -0.15) is 0 Å². The average Bonchev–Trinajstić information content (AvgIpc) is 2.53. The number of nitrogens with zero attached hydrogens (tertiary/aromatic N) is 1. The highest BCUT2D eigenvalue weighted by atomic mass is 35.5. The lowest BCUT2D eigenvalue weighted by Crippen LogP contribution is -2.39. The van der Waals surface area contributed by atoms with Crippen LogP contribution in [0.2, 0.25) is 5.02 Å². The molecule has 0 saturated heterocycles. The van der Waals surface area contributed by atoms with Crippen molar-refractivity contribution in [3.8, 4) is 0 Å². The van der Waals surface area contributed by atoms with E-state index >= 15 is 0 Å². The summed E-state index contributed by atoms with van der Waals surface area (Å²) in [4.78, 5) is 23.8. The molecule has 1 aromatic rings. The first kappa shape index (κ1) is 19.5. The lowest BCUT2D eigenvalue weighted by atomic mass is 9.91. The summed E-state index contributed by atoms with van der Waals surface area (Å²) in [7, 11) is 1.53. The Balaban J connectivity index is 2.50. The van der Waals surface area contributed by atoms with E-state index in [4.69, 9.17) is 11.6 Å². The SMILES string of the molecule is CNC(=O)CC(C(=O)N(O)CCCc1ccc(Cl)cc1)C(C)C. The van der Waals surface area contributed by atoms with Gasteiger partial charge in [0.25, 0.3) is 0 Å². The fourth-order valence-corrected chi connectivity index (χ4v) is 2.42. The quantitative estimate of drug-likeness (QED) is 0.564. The van der Waals surface area contributed by atoms with Crippen LogP contribution < -0.4 is 5.32 Å². The third kappa shape index (κ3) is 6.59. The van der Waals surface area contributed by atoms with E-state index in [9.17, 15) is 14.8 Å². The van der Waals surface area contributed by atoms with Gasteiger partial charge in [-0.15, -0.1) is 0 Å². The van der Waals surface area contributed by atoms with Crippen molar-refractivity contribution in [3.63, 3.8) is 0 Å². The van der Waals surface area contributed by atoms with Gasteiger partial charge in [-0.1, -0.05) is 37.6 Å². The van der Waals surface area contributed by atoms with Gasteiger partial charge in [-0.25, -0.2) is 5.06 Å². The van der Waals surface area contributed by atoms with Crippen LogP contribution in [0.1, 0.15) is 32.3 Å². The molecule has 0 saturated carbocycles. The molecule has 1 rings (SSSR count). The van der Waals surface area contributed by atoms with Crippen LogP contribution in [0.4, 0.5) is 0 Å². The molecule has 128 valence electrons. The highest BCUT2D eigenvalue weighted by molar-refractivity contribution is 6.30. The Labute approximate surface area is 142 Å². The second-order valence-corrected chi connectivity index (χ2v) is 6.36. The van der Waals surface area contributed by atoms with Crippen LogP contribution in [-0.4, -0.2) is 35.7 Å². The van der Waals surface area contributed by atoms with Gasteiger partial charge in [0.1, 0.15) is 0 Å². The molecule has 2 amide bonds. The van der Waals surface area contributed by atoms with E-state index in [1.807, 2.05) is 38.1 Å². The summed E-state index contributed by atoms with van der Waals surface area (Å²) in [5.41, 5.74) is 1.10. The molecule has 0 aliphatic rings. The molecule has 6 heteroatoms. The van der Waals surface area contributed by atoms with Crippen molar-refractivity contribution in [1.82, 2.24) is 10.4 Å². The van der Waals surface area contributed by atoms with E-state index in [-0.39, 0.29) is 24.8 Å². The molecule has 5 nitrogen and oxygen atoms in total. The van der Waals surface area contributed by atoms with E-state index < -0.39 is 11.8 Å². The van der Waals surface area contributed by atoms with E-state index in [0.717, 1.165) is 17.0 Å². The second kappa shape index (κ2) is 9.53. The normalized spacial score (nSPS) is 12.1. The van der Waals surface area contributed by atoms with Crippen molar-refractivity contribution in [2.24, 2.45) is 11.8 Å². The number of carbonyl (C=O) groups is 2. The first-order valence-electron chi connectivity index (χ1n) is 7.80. The Bertz CT molecular complexity index is 517. The van der Waals surface area contributed by atoms with E-state index in [1.54, 1.807) is 0 Å². The number of aryl methyl sites for hydroxylation is 1. The van der Waals surface area contributed by atoms with Crippen molar-refractivity contribution >= 4 is 23.4 Å². The van der Waals surface area contributed by atoms with Crippen molar-refractivity contribution in [3.05, 3.63) is 34.9 Å². The lowest BCUT2D eigenvalue weighted by molar-refractivity contribution is -0.172. The summed E-state index contributed by atoms with van der Waals surface area (Å²) < 4.78 is 0. The number of carbonyl (C=O) groups excluding carboxylic acids is 2. The third-order valence-electron chi connectivity index (χ3n) is 3.81. The fraction of sp³-hybridized carbons (Fsp3) is 0.529. The zero-order valence-electron chi connectivity index (χ0n) is 13.9. The number of amides is 2. The molecular formula is C17H25ClN2O3. The van der Waals surface area contributed by atoms with Gasteiger partial charge in [-0.05, 0) is 36.5 Å². The van der Waals surface area contributed by atoms with Gasteiger partial charge in [0.2, 0.25) is 11.8 Å². The molecule has 0 aromatic heterocycles. The summed E-state index contributed by atoms with van der Waals surface area (Å²) in [5, 5.41) is 13.9. The predicted octanol–water partition coefficient (Wildman–Crippen LogP) is 2.90. The molecule has 1 unspecified atom stereocenters. The van der Waals surface area contributed by atoms with Gasteiger partial charge < -0.3 is 5.32 Å². The Morgan fingerprint density at radius 1 is 1.26 bits per heavy atom. The van der Waals surface area contributed by atoms with Crippen LogP contribution >= 0.6 is 11.6 Å². The molecule has 1 atom stereocenters. The van der Waals surface area contributed by atoms with E-state index in [1.165, 1.54) is 7.05 Å². The van der Waals surface area contributed by atoms with Crippen LogP contribution in [0.25, 0.3) is 0 Å². The maximum atomic E-state index is 12.3. The summed E-state index contributed by atoms with van der Waals surface area (Å²) in [6.07, 6.45) is 1.46. The molecular weight excluding hydrogens is 316 g/mol. The van der Waals surface area contributed by atoms with Crippen LogP contribution in [0, 0.1) is 11.8 Å².